The van der Waals surface area contributed by atoms with E-state index in [1.54, 1.807) is 0 Å². The molecule has 0 aliphatic heterocycles. The zero-order valence-corrected chi connectivity index (χ0v) is 18.6. The number of nitrogens with zero attached hydrogens (tertiary/aromatic N) is 2. The predicted molar refractivity (Wildman–Crippen MR) is 119 cm³/mol. The monoisotopic (exact) mass is 402 g/mol. The lowest BCUT2D eigenvalue weighted by Gasteiger charge is -2.22. The molecule has 0 heterocycles. The number of carbonyl (C=O) groups excluding carboxylic acids is 2. The average molecular weight is 403 g/mol. The molecule has 0 atom stereocenters. The molecule has 0 radical (unpaired) electrons. The molecule has 0 unspecified atom stereocenters. The number of nitrogens with one attached hydrogen (secondary N) is 2. The van der Waals surface area contributed by atoms with Crippen LogP contribution in [0.1, 0.15) is 50.7 Å². The van der Waals surface area contributed by atoms with Crippen molar-refractivity contribution in [1.29, 1.82) is 0 Å². The maximum absolute atomic E-state index is 12.6. The van der Waals surface area contributed by atoms with Crippen LogP contribution in [0.3, 0.4) is 0 Å². The molecule has 0 bridgehead atoms. The number of carbonyl (C=O) groups is 2. The van der Waals surface area contributed by atoms with Gasteiger partial charge in [-0.2, -0.15) is 0 Å². The first-order valence-electron chi connectivity index (χ1n) is 11.0. The summed E-state index contributed by atoms with van der Waals surface area (Å²) in [4.78, 5) is 29.3. The zero-order chi connectivity index (χ0) is 21.2. The molecule has 1 aliphatic rings. The maximum atomic E-state index is 12.6. The van der Waals surface area contributed by atoms with E-state index in [9.17, 15) is 9.59 Å². The van der Waals surface area contributed by atoms with Crippen molar-refractivity contribution in [3.8, 4) is 0 Å². The number of aryl methyl sites for hydroxylation is 2. The molecule has 1 saturated carbocycles. The van der Waals surface area contributed by atoms with Crippen LogP contribution in [0, 0.1) is 13.8 Å². The Kier molecular flexibility index (Phi) is 9.61. The van der Waals surface area contributed by atoms with E-state index in [1.165, 1.54) is 0 Å². The molecule has 1 aliphatic carbocycles. The van der Waals surface area contributed by atoms with Gasteiger partial charge >= 0.3 is 0 Å². The molecule has 0 aromatic heterocycles. The van der Waals surface area contributed by atoms with Gasteiger partial charge in [-0.05, 0) is 63.9 Å². The van der Waals surface area contributed by atoms with Crippen LogP contribution >= 0.6 is 0 Å². The minimum atomic E-state index is -0.00562. The highest BCUT2D eigenvalue weighted by atomic mass is 16.2. The van der Waals surface area contributed by atoms with Gasteiger partial charge in [-0.15, -0.1) is 0 Å². The van der Waals surface area contributed by atoms with E-state index in [0.29, 0.717) is 32.1 Å². The molecule has 1 aromatic carbocycles. The third kappa shape index (κ3) is 8.15. The summed E-state index contributed by atoms with van der Waals surface area (Å²) in [6, 6.07) is 6.45. The first-order valence-corrected chi connectivity index (χ1v) is 11.0. The second-order valence-electron chi connectivity index (χ2n) is 8.00. The Morgan fingerprint density at radius 3 is 2.28 bits per heavy atom. The lowest BCUT2D eigenvalue weighted by Crippen LogP contribution is -2.38. The molecule has 6 heteroatoms. The lowest BCUT2D eigenvalue weighted by atomic mass is 10.1. The smallest absolute Gasteiger partial charge is 0.238 e. The molecule has 2 rings (SSSR count). The van der Waals surface area contributed by atoms with Crippen molar-refractivity contribution in [3.05, 3.63) is 29.3 Å². The number of anilines is 1. The maximum Gasteiger partial charge on any atom is 0.238 e. The average Bonchev–Trinajstić information content (AvgIpc) is 3.53. The summed E-state index contributed by atoms with van der Waals surface area (Å²) >= 11 is 0. The first kappa shape index (κ1) is 23.4. The number of benzene rings is 1. The largest absolute Gasteiger partial charge is 0.356 e. The number of hydrogen-bond donors (Lipinski definition) is 2. The van der Waals surface area contributed by atoms with Crippen LogP contribution in [0.4, 0.5) is 5.69 Å². The fourth-order valence-electron chi connectivity index (χ4n) is 3.61. The van der Waals surface area contributed by atoms with E-state index in [2.05, 4.69) is 34.3 Å². The number of amides is 2. The van der Waals surface area contributed by atoms with Crippen molar-refractivity contribution in [1.82, 2.24) is 15.1 Å². The van der Waals surface area contributed by atoms with E-state index < -0.39 is 0 Å². The Hall–Kier alpha value is -1.92. The number of para-hydroxylation sites is 1. The van der Waals surface area contributed by atoms with Gasteiger partial charge in [0.05, 0.1) is 6.54 Å². The molecule has 0 saturated heterocycles. The Balaban J connectivity index is 1.73. The molecule has 0 spiro atoms. The summed E-state index contributed by atoms with van der Waals surface area (Å²) < 4.78 is 0. The summed E-state index contributed by atoms with van der Waals surface area (Å²) in [5.41, 5.74) is 3.04. The predicted octanol–water partition coefficient (Wildman–Crippen LogP) is 2.94. The third-order valence-electron chi connectivity index (χ3n) is 5.65. The Morgan fingerprint density at radius 1 is 1.03 bits per heavy atom. The van der Waals surface area contributed by atoms with Crippen molar-refractivity contribution >= 4 is 17.5 Å². The third-order valence-corrected chi connectivity index (χ3v) is 5.65. The molecule has 162 valence electrons. The van der Waals surface area contributed by atoms with Crippen molar-refractivity contribution in [2.75, 3.05) is 44.6 Å². The summed E-state index contributed by atoms with van der Waals surface area (Å²) in [7, 11) is 0. The van der Waals surface area contributed by atoms with E-state index in [1.807, 2.05) is 32.0 Å². The molecule has 6 nitrogen and oxygen atoms in total. The molecular weight excluding hydrogens is 364 g/mol. The van der Waals surface area contributed by atoms with Crippen molar-refractivity contribution in [2.45, 2.75) is 59.4 Å². The van der Waals surface area contributed by atoms with E-state index in [0.717, 1.165) is 55.7 Å². The molecule has 1 aromatic rings. The number of rotatable bonds is 13. The highest BCUT2D eigenvalue weighted by molar-refractivity contribution is 5.93. The topological polar surface area (TPSA) is 64.7 Å². The van der Waals surface area contributed by atoms with Gasteiger partial charge in [-0.25, -0.2) is 0 Å². The Morgan fingerprint density at radius 2 is 1.69 bits per heavy atom. The summed E-state index contributed by atoms with van der Waals surface area (Å²) in [6.45, 7) is 13.1. The zero-order valence-electron chi connectivity index (χ0n) is 18.6. The quantitative estimate of drug-likeness (QED) is 0.498. The van der Waals surface area contributed by atoms with E-state index >= 15 is 0 Å². The van der Waals surface area contributed by atoms with Crippen LogP contribution < -0.4 is 10.6 Å². The van der Waals surface area contributed by atoms with Crippen LogP contribution in [-0.2, 0) is 9.59 Å². The van der Waals surface area contributed by atoms with E-state index in [-0.39, 0.29) is 11.8 Å². The van der Waals surface area contributed by atoms with Gasteiger partial charge in [0.1, 0.15) is 0 Å². The standard InChI is InChI=1S/C23H38N4O2/c1-5-26(6-2)15-8-14-24-21(28)13-16-27(20-11-12-20)17-22(29)25-23-18(3)9-7-10-19(23)4/h7,9-10,20H,5-6,8,11-17H2,1-4H3,(H,24,28)(H,25,29). The summed E-state index contributed by atoms with van der Waals surface area (Å²) in [5, 5.41) is 6.07. The first-order chi connectivity index (χ1) is 13.9. The Labute approximate surface area is 176 Å². The summed E-state index contributed by atoms with van der Waals surface area (Å²) in [5.74, 6) is 0.0688. The fraction of sp³-hybridized carbons (Fsp3) is 0.652. The molecule has 1 fully saturated rings. The highest BCUT2D eigenvalue weighted by Gasteiger charge is 2.30. The van der Waals surface area contributed by atoms with E-state index in [4.69, 9.17) is 0 Å². The van der Waals surface area contributed by atoms with Gasteiger partial charge in [0, 0.05) is 31.2 Å². The van der Waals surface area contributed by atoms with Crippen molar-refractivity contribution < 1.29 is 9.59 Å². The van der Waals surface area contributed by atoms with Crippen LogP contribution in [0.2, 0.25) is 0 Å². The van der Waals surface area contributed by atoms with Gasteiger partial charge in [0.2, 0.25) is 11.8 Å². The molecule has 2 N–H and O–H groups in total. The molecule has 29 heavy (non-hydrogen) atoms. The second-order valence-corrected chi connectivity index (χ2v) is 8.00. The lowest BCUT2D eigenvalue weighted by molar-refractivity contribution is -0.122. The minimum Gasteiger partial charge on any atom is -0.356 e. The second kappa shape index (κ2) is 11.9. The Bertz CT molecular complexity index is 649. The molecule has 2 amide bonds. The van der Waals surface area contributed by atoms with Crippen LogP contribution in [-0.4, -0.2) is 66.9 Å². The van der Waals surface area contributed by atoms with Gasteiger partial charge in [-0.3, -0.25) is 14.5 Å². The van der Waals surface area contributed by atoms with Gasteiger partial charge in [-0.1, -0.05) is 32.0 Å². The normalized spacial score (nSPS) is 13.7. The van der Waals surface area contributed by atoms with Crippen LogP contribution in [0.15, 0.2) is 18.2 Å². The molecular formula is C23H38N4O2. The summed E-state index contributed by atoms with van der Waals surface area (Å²) in [6.07, 6.45) is 3.64. The number of hydrogen-bond acceptors (Lipinski definition) is 4. The fourth-order valence-corrected chi connectivity index (χ4v) is 3.61. The van der Waals surface area contributed by atoms with Gasteiger partial charge < -0.3 is 15.5 Å². The SMILES string of the molecule is CCN(CC)CCCNC(=O)CCN(CC(=O)Nc1c(C)cccc1C)C1CC1. The highest BCUT2D eigenvalue weighted by Crippen LogP contribution is 2.27. The van der Waals surface area contributed by atoms with Crippen LogP contribution in [0.5, 0.6) is 0 Å². The van der Waals surface area contributed by atoms with Crippen LogP contribution in [0.25, 0.3) is 0 Å². The van der Waals surface area contributed by atoms with Gasteiger partial charge in [0.15, 0.2) is 0 Å². The van der Waals surface area contributed by atoms with Crippen molar-refractivity contribution in [2.24, 2.45) is 0 Å². The van der Waals surface area contributed by atoms with Crippen molar-refractivity contribution in [3.63, 3.8) is 0 Å². The van der Waals surface area contributed by atoms with Gasteiger partial charge in [0.25, 0.3) is 0 Å². The minimum absolute atomic E-state index is 0.00562.